The van der Waals surface area contributed by atoms with Gasteiger partial charge in [0.15, 0.2) is 0 Å². The molecule has 0 bridgehead atoms. The van der Waals surface area contributed by atoms with E-state index in [1.807, 2.05) is 66.4 Å². The Morgan fingerprint density at radius 1 is 1.08 bits per heavy atom. The van der Waals surface area contributed by atoms with Crippen molar-refractivity contribution in [3.63, 3.8) is 0 Å². The molecule has 6 nitrogen and oxygen atoms in total. The maximum atomic E-state index is 12.3. The molecular weight excluding hydrogens is 330 g/mol. The molecule has 0 aliphatic heterocycles. The number of ether oxygens (including phenoxy) is 1. The summed E-state index contributed by atoms with van der Waals surface area (Å²) in [5.74, 6) is -0.364. The van der Waals surface area contributed by atoms with Crippen LogP contribution in [0.2, 0.25) is 0 Å². The maximum Gasteiger partial charge on any atom is 0.321 e. The quantitative estimate of drug-likeness (QED) is 0.714. The van der Waals surface area contributed by atoms with Crippen molar-refractivity contribution in [2.45, 2.75) is 13.5 Å². The molecule has 0 saturated carbocycles. The van der Waals surface area contributed by atoms with Gasteiger partial charge in [0.05, 0.1) is 13.2 Å². The van der Waals surface area contributed by atoms with E-state index in [4.69, 9.17) is 4.74 Å². The number of nitrogens with zero attached hydrogens (tertiary/aromatic N) is 1. The predicted molar refractivity (Wildman–Crippen MR) is 102 cm³/mol. The summed E-state index contributed by atoms with van der Waals surface area (Å²) < 4.78 is 4.86. The van der Waals surface area contributed by atoms with E-state index in [9.17, 15) is 9.59 Å². The summed E-state index contributed by atoms with van der Waals surface area (Å²) in [5.41, 5.74) is 3.13. The van der Waals surface area contributed by atoms with Crippen LogP contribution in [0.25, 0.3) is 0 Å². The summed E-state index contributed by atoms with van der Waals surface area (Å²) in [6, 6.07) is 17.3. The summed E-state index contributed by atoms with van der Waals surface area (Å²) in [7, 11) is 1.55. The monoisotopic (exact) mass is 355 g/mol. The summed E-state index contributed by atoms with van der Waals surface area (Å²) in [6.45, 7) is 3.40. The van der Waals surface area contributed by atoms with E-state index in [-0.39, 0.29) is 12.5 Å². The van der Waals surface area contributed by atoms with E-state index in [2.05, 4.69) is 10.6 Å². The zero-order chi connectivity index (χ0) is 18.8. The third kappa shape index (κ3) is 6.57. The van der Waals surface area contributed by atoms with Crippen LogP contribution in [0.5, 0.6) is 0 Å². The van der Waals surface area contributed by atoms with Crippen LogP contribution in [0.1, 0.15) is 11.1 Å². The molecule has 2 aromatic carbocycles. The zero-order valence-electron chi connectivity index (χ0n) is 15.2. The van der Waals surface area contributed by atoms with E-state index >= 15 is 0 Å². The van der Waals surface area contributed by atoms with Crippen LogP contribution in [0, 0.1) is 6.92 Å². The molecule has 0 heterocycles. The number of benzene rings is 2. The Bertz CT molecular complexity index is 719. The average molecular weight is 355 g/mol. The Hall–Kier alpha value is -2.86. The van der Waals surface area contributed by atoms with Crippen molar-refractivity contribution in [1.29, 1.82) is 0 Å². The van der Waals surface area contributed by atoms with Gasteiger partial charge >= 0.3 is 6.03 Å². The maximum absolute atomic E-state index is 12.3. The highest BCUT2D eigenvalue weighted by Gasteiger charge is 2.14. The molecule has 0 spiro atoms. The van der Waals surface area contributed by atoms with Crippen LogP contribution in [0.4, 0.5) is 10.5 Å². The van der Waals surface area contributed by atoms with Crippen molar-refractivity contribution in [2.24, 2.45) is 0 Å². The molecular formula is C20H25N3O3. The summed E-state index contributed by atoms with van der Waals surface area (Å²) in [4.78, 5) is 26.0. The molecule has 6 heteroatoms. The van der Waals surface area contributed by atoms with Crippen LogP contribution in [0.15, 0.2) is 54.6 Å². The van der Waals surface area contributed by atoms with E-state index in [0.29, 0.717) is 19.7 Å². The number of hydrogen-bond donors (Lipinski definition) is 2. The van der Waals surface area contributed by atoms with Gasteiger partial charge in [0, 0.05) is 25.9 Å². The molecule has 0 fully saturated rings. The number of urea groups is 1. The number of methoxy groups -OCH3 is 1. The molecule has 138 valence electrons. The van der Waals surface area contributed by atoms with Gasteiger partial charge in [0.25, 0.3) is 0 Å². The Kier molecular flexibility index (Phi) is 7.64. The molecule has 26 heavy (non-hydrogen) atoms. The first-order chi connectivity index (χ1) is 12.6. The molecule has 0 radical (unpaired) electrons. The number of nitrogens with one attached hydrogen (secondary N) is 2. The average Bonchev–Trinajstić information content (AvgIpc) is 2.62. The summed E-state index contributed by atoms with van der Waals surface area (Å²) >= 11 is 0. The lowest BCUT2D eigenvalue weighted by atomic mass is 10.1. The predicted octanol–water partition coefficient (Wildman–Crippen LogP) is 2.47. The zero-order valence-corrected chi connectivity index (χ0v) is 15.2. The number of carbonyl (C=O) groups excluding carboxylic acids is 2. The molecule has 0 saturated heterocycles. The van der Waals surface area contributed by atoms with Crippen molar-refractivity contribution >= 4 is 17.6 Å². The fourth-order valence-electron chi connectivity index (χ4n) is 2.52. The van der Waals surface area contributed by atoms with E-state index < -0.39 is 6.03 Å². The molecule has 0 atom stereocenters. The van der Waals surface area contributed by atoms with Gasteiger partial charge in [-0.25, -0.2) is 4.79 Å². The molecule has 3 amide bonds. The normalized spacial score (nSPS) is 10.2. The Labute approximate surface area is 154 Å². The van der Waals surface area contributed by atoms with E-state index in [1.54, 1.807) is 7.11 Å². The fourth-order valence-corrected chi connectivity index (χ4v) is 2.52. The number of carbonyl (C=O) groups is 2. The number of imide groups is 1. The summed E-state index contributed by atoms with van der Waals surface area (Å²) in [6.07, 6.45) is 0. The standard InChI is InChI=1S/C20H25N3O3/c1-16-7-6-10-18(13-16)23(14-17-8-4-3-5-9-17)15-19(24)22-20(25)21-11-12-26-2/h3-10,13H,11-12,14-15H2,1-2H3,(H2,21,22,24,25). The highest BCUT2D eigenvalue weighted by Crippen LogP contribution is 2.18. The second kappa shape index (κ2) is 10.2. The van der Waals surface area contributed by atoms with Crippen molar-refractivity contribution in [3.05, 3.63) is 65.7 Å². The molecule has 2 aromatic rings. The molecule has 0 unspecified atom stereocenters. The van der Waals surface area contributed by atoms with Gasteiger partial charge in [0.1, 0.15) is 0 Å². The largest absolute Gasteiger partial charge is 0.383 e. The molecule has 2 rings (SSSR count). The lowest BCUT2D eigenvalue weighted by Crippen LogP contribution is -2.45. The first kappa shape index (κ1) is 19.5. The Morgan fingerprint density at radius 2 is 1.85 bits per heavy atom. The second-order valence-electron chi connectivity index (χ2n) is 5.98. The molecule has 0 aliphatic rings. The van der Waals surface area contributed by atoms with Crippen LogP contribution in [-0.2, 0) is 16.1 Å². The Morgan fingerprint density at radius 3 is 2.54 bits per heavy atom. The SMILES string of the molecule is COCCNC(=O)NC(=O)CN(Cc1ccccc1)c1cccc(C)c1. The number of hydrogen-bond acceptors (Lipinski definition) is 4. The van der Waals surface area contributed by atoms with Gasteiger partial charge < -0.3 is 15.0 Å². The number of aryl methyl sites for hydroxylation is 1. The van der Waals surface area contributed by atoms with Gasteiger partial charge in [-0.2, -0.15) is 0 Å². The number of anilines is 1. The van der Waals surface area contributed by atoms with Gasteiger partial charge in [-0.1, -0.05) is 42.5 Å². The minimum atomic E-state index is -0.518. The van der Waals surface area contributed by atoms with Crippen LogP contribution >= 0.6 is 0 Å². The fraction of sp³-hybridized carbons (Fsp3) is 0.300. The number of rotatable bonds is 8. The molecule has 0 aromatic heterocycles. The van der Waals surface area contributed by atoms with E-state index in [0.717, 1.165) is 16.8 Å². The highest BCUT2D eigenvalue weighted by molar-refractivity contribution is 5.96. The van der Waals surface area contributed by atoms with Crippen molar-refractivity contribution < 1.29 is 14.3 Å². The van der Waals surface area contributed by atoms with Crippen LogP contribution in [-0.4, -0.2) is 38.7 Å². The minimum absolute atomic E-state index is 0.0794. The first-order valence-corrected chi connectivity index (χ1v) is 8.50. The van der Waals surface area contributed by atoms with Gasteiger partial charge in [-0.05, 0) is 30.2 Å². The van der Waals surface area contributed by atoms with Crippen LogP contribution in [0.3, 0.4) is 0 Å². The van der Waals surface area contributed by atoms with Gasteiger partial charge in [-0.3, -0.25) is 10.1 Å². The summed E-state index contributed by atoms with van der Waals surface area (Å²) in [5, 5.41) is 4.93. The number of amides is 3. The third-order valence-corrected chi connectivity index (χ3v) is 3.76. The molecule has 2 N–H and O–H groups in total. The van der Waals surface area contributed by atoms with Crippen molar-refractivity contribution in [3.8, 4) is 0 Å². The highest BCUT2D eigenvalue weighted by atomic mass is 16.5. The van der Waals surface area contributed by atoms with Gasteiger partial charge in [-0.15, -0.1) is 0 Å². The minimum Gasteiger partial charge on any atom is -0.383 e. The topological polar surface area (TPSA) is 70.7 Å². The lowest BCUT2D eigenvalue weighted by Gasteiger charge is -2.24. The Balaban J connectivity index is 2.04. The first-order valence-electron chi connectivity index (χ1n) is 8.50. The van der Waals surface area contributed by atoms with Crippen molar-refractivity contribution in [2.75, 3.05) is 31.7 Å². The lowest BCUT2D eigenvalue weighted by molar-refractivity contribution is -0.118. The van der Waals surface area contributed by atoms with Gasteiger partial charge in [0.2, 0.25) is 5.91 Å². The second-order valence-corrected chi connectivity index (χ2v) is 5.98. The van der Waals surface area contributed by atoms with Crippen LogP contribution < -0.4 is 15.5 Å². The smallest absolute Gasteiger partial charge is 0.321 e. The molecule has 0 aliphatic carbocycles. The van der Waals surface area contributed by atoms with E-state index in [1.165, 1.54) is 0 Å². The third-order valence-electron chi connectivity index (χ3n) is 3.76. The van der Waals surface area contributed by atoms with Crippen molar-refractivity contribution in [1.82, 2.24) is 10.6 Å².